The standard InChI is InChI=1S/C12H15N3O4S/c1-18-10-5-3-9(4-6-10)12-14-11(19-15-12)7-8-13-20(2,16)17/h3-6,13H,7-8H2,1-2H3. The van der Waals surface area contributed by atoms with E-state index in [0.29, 0.717) is 18.1 Å². The molecule has 1 aromatic carbocycles. The Hall–Kier alpha value is -1.93. The molecule has 7 nitrogen and oxygen atoms in total. The van der Waals surface area contributed by atoms with Gasteiger partial charge in [0.1, 0.15) is 5.75 Å². The van der Waals surface area contributed by atoms with Crippen LogP contribution >= 0.6 is 0 Å². The summed E-state index contributed by atoms with van der Waals surface area (Å²) in [4.78, 5) is 4.20. The Morgan fingerprint density at radius 2 is 2.00 bits per heavy atom. The summed E-state index contributed by atoms with van der Waals surface area (Å²) in [5, 5.41) is 3.85. The maximum Gasteiger partial charge on any atom is 0.228 e. The van der Waals surface area contributed by atoms with Crippen molar-refractivity contribution in [3.63, 3.8) is 0 Å². The molecule has 8 heteroatoms. The third-order valence-corrected chi connectivity index (χ3v) is 3.25. The number of ether oxygens (including phenoxy) is 1. The first kappa shape index (κ1) is 14.5. The summed E-state index contributed by atoms with van der Waals surface area (Å²) in [6.45, 7) is 0.225. The van der Waals surface area contributed by atoms with E-state index in [1.807, 2.05) is 12.1 Å². The average molecular weight is 297 g/mol. The fourth-order valence-electron chi connectivity index (χ4n) is 1.56. The van der Waals surface area contributed by atoms with E-state index < -0.39 is 10.0 Å². The minimum absolute atomic E-state index is 0.225. The number of hydrogen-bond acceptors (Lipinski definition) is 6. The van der Waals surface area contributed by atoms with Gasteiger partial charge in [-0.1, -0.05) is 5.16 Å². The van der Waals surface area contributed by atoms with Crippen LogP contribution in [-0.4, -0.2) is 38.5 Å². The SMILES string of the molecule is COc1ccc(-c2noc(CCNS(C)(=O)=O)n2)cc1. The largest absolute Gasteiger partial charge is 0.497 e. The lowest BCUT2D eigenvalue weighted by Crippen LogP contribution is -2.24. The van der Waals surface area contributed by atoms with Gasteiger partial charge < -0.3 is 9.26 Å². The first-order chi connectivity index (χ1) is 9.48. The van der Waals surface area contributed by atoms with E-state index in [9.17, 15) is 8.42 Å². The zero-order chi connectivity index (χ0) is 14.6. The summed E-state index contributed by atoms with van der Waals surface area (Å²) in [7, 11) is -1.61. The second-order valence-corrected chi connectivity index (χ2v) is 5.99. The molecule has 2 aromatic rings. The first-order valence-corrected chi connectivity index (χ1v) is 7.79. The van der Waals surface area contributed by atoms with Crippen molar-refractivity contribution in [2.24, 2.45) is 0 Å². The minimum atomic E-state index is -3.20. The van der Waals surface area contributed by atoms with Gasteiger partial charge in [-0.2, -0.15) is 4.98 Å². The van der Waals surface area contributed by atoms with Gasteiger partial charge >= 0.3 is 0 Å². The first-order valence-electron chi connectivity index (χ1n) is 5.89. The topological polar surface area (TPSA) is 94.3 Å². The van der Waals surface area contributed by atoms with Gasteiger partial charge in [0, 0.05) is 18.5 Å². The van der Waals surface area contributed by atoms with Crippen LogP contribution in [0.3, 0.4) is 0 Å². The third kappa shape index (κ3) is 4.04. The van der Waals surface area contributed by atoms with Gasteiger partial charge in [-0.05, 0) is 24.3 Å². The zero-order valence-electron chi connectivity index (χ0n) is 11.2. The third-order valence-electron chi connectivity index (χ3n) is 2.52. The molecule has 0 radical (unpaired) electrons. The summed E-state index contributed by atoms with van der Waals surface area (Å²) in [6, 6.07) is 7.25. The highest BCUT2D eigenvalue weighted by molar-refractivity contribution is 7.88. The average Bonchev–Trinajstić information content (AvgIpc) is 2.86. The molecule has 0 fully saturated rings. The highest BCUT2D eigenvalue weighted by atomic mass is 32.2. The lowest BCUT2D eigenvalue weighted by Gasteiger charge is -1.99. The Labute approximate surface area is 117 Å². The summed E-state index contributed by atoms with van der Waals surface area (Å²) in [5.41, 5.74) is 0.803. The molecule has 0 aliphatic heterocycles. The number of methoxy groups -OCH3 is 1. The summed E-state index contributed by atoms with van der Waals surface area (Å²) < 4.78 is 34.3. The summed E-state index contributed by atoms with van der Waals surface area (Å²) in [6.07, 6.45) is 1.44. The van der Waals surface area contributed by atoms with Crippen molar-refractivity contribution in [3.8, 4) is 17.1 Å². The lowest BCUT2D eigenvalue weighted by atomic mass is 10.2. The van der Waals surface area contributed by atoms with Crippen molar-refractivity contribution >= 4 is 10.0 Å². The van der Waals surface area contributed by atoms with Crippen LogP contribution in [0.5, 0.6) is 5.75 Å². The summed E-state index contributed by atoms with van der Waals surface area (Å²) >= 11 is 0. The monoisotopic (exact) mass is 297 g/mol. The molecule has 0 bridgehead atoms. The maximum absolute atomic E-state index is 10.9. The van der Waals surface area contributed by atoms with E-state index in [1.54, 1.807) is 19.2 Å². The van der Waals surface area contributed by atoms with Crippen molar-refractivity contribution in [2.45, 2.75) is 6.42 Å². The molecule has 20 heavy (non-hydrogen) atoms. The van der Waals surface area contributed by atoms with E-state index in [1.165, 1.54) is 0 Å². The highest BCUT2D eigenvalue weighted by Gasteiger charge is 2.09. The number of rotatable bonds is 6. The van der Waals surface area contributed by atoms with E-state index >= 15 is 0 Å². The molecule has 0 atom stereocenters. The van der Waals surface area contributed by atoms with Crippen LogP contribution in [0.1, 0.15) is 5.89 Å². The molecule has 2 rings (SSSR count). The van der Waals surface area contributed by atoms with E-state index in [0.717, 1.165) is 17.6 Å². The Balaban J connectivity index is 2.01. The number of benzene rings is 1. The minimum Gasteiger partial charge on any atom is -0.497 e. The molecule has 1 heterocycles. The Kier molecular flexibility index (Phi) is 4.35. The molecule has 0 spiro atoms. The van der Waals surface area contributed by atoms with Crippen LogP contribution in [-0.2, 0) is 16.4 Å². The molecule has 0 saturated carbocycles. The van der Waals surface area contributed by atoms with Crippen molar-refractivity contribution in [1.82, 2.24) is 14.9 Å². The maximum atomic E-state index is 10.9. The Morgan fingerprint density at radius 3 is 2.60 bits per heavy atom. The lowest BCUT2D eigenvalue weighted by molar-refractivity contribution is 0.379. The van der Waals surface area contributed by atoms with Crippen molar-refractivity contribution in [2.75, 3.05) is 19.9 Å². The van der Waals surface area contributed by atoms with Crippen LogP contribution in [0.25, 0.3) is 11.4 Å². The van der Waals surface area contributed by atoms with Gasteiger partial charge in [-0.25, -0.2) is 13.1 Å². The van der Waals surface area contributed by atoms with Crippen LogP contribution < -0.4 is 9.46 Å². The molecule has 0 saturated heterocycles. The van der Waals surface area contributed by atoms with E-state index in [2.05, 4.69) is 14.9 Å². The van der Waals surface area contributed by atoms with Gasteiger partial charge in [-0.15, -0.1) is 0 Å². The number of nitrogens with one attached hydrogen (secondary N) is 1. The fourth-order valence-corrected chi connectivity index (χ4v) is 2.03. The molecule has 0 aliphatic carbocycles. The van der Waals surface area contributed by atoms with Crippen molar-refractivity contribution < 1.29 is 17.7 Å². The molecule has 0 unspecified atom stereocenters. The number of aromatic nitrogens is 2. The molecular formula is C12H15N3O4S. The molecule has 1 N–H and O–H groups in total. The van der Waals surface area contributed by atoms with Gasteiger partial charge in [0.15, 0.2) is 0 Å². The van der Waals surface area contributed by atoms with Gasteiger partial charge in [0.25, 0.3) is 0 Å². The Morgan fingerprint density at radius 1 is 1.30 bits per heavy atom. The van der Waals surface area contributed by atoms with Gasteiger partial charge in [-0.3, -0.25) is 0 Å². The number of nitrogens with zero attached hydrogens (tertiary/aromatic N) is 2. The van der Waals surface area contributed by atoms with E-state index in [-0.39, 0.29) is 6.54 Å². The van der Waals surface area contributed by atoms with Crippen LogP contribution in [0.15, 0.2) is 28.8 Å². The quantitative estimate of drug-likeness (QED) is 0.849. The molecular weight excluding hydrogens is 282 g/mol. The normalized spacial score (nSPS) is 11.5. The zero-order valence-corrected chi connectivity index (χ0v) is 12.0. The van der Waals surface area contributed by atoms with Gasteiger partial charge in [0.2, 0.25) is 21.7 Å². The number of hydrogen-bond donors (Lipinski definition) is 1. The predicted molar refractivity (Wildman–Crippen MR) is 72.8 cm³/mol. The van der Waals surface area contributed by atoms with Crippen LogP contribution in [0.2, 0.25) is 0 Å². The van der Waals surface area contributed by atoms with Gasteiger partial charge in [0.05, 0.1) is 13.4 Å². The molecule has 0 aliphatic rings. The molecule has 108 valence electrons. The molecule has 1 aromatic heterocycles. The second kappa shape index (κ2) is 6.02. The van der Waals surface area contributed by atoms with E-state index in [4.69, 9.17) is 9.26 Å². The van der Waals surface area contributed by atoms with Crippen LogP contribution in [0, 0.1) is 0 Å². The summed E-state index contributed by atoms with van der Waals surface area (Å²) in [5.74, 6) is 1.59. The van der Waals surface area contributed by atoms with Crippen LogP contribution in [0.4, 0.5) is 0 Å². The fraction of sp³-hybridized carbons (Fsp3) is 0.333. The molecule has 0 amide bonds. The number of sulfonamides is 1. The van der Waals surface area contributed by atoms with Crippen molar-refractivity contribution in [1.29, 1.82) is 0 Å². The van der Waals surface area contributed by atoms with Crippen molar-refractivity contribution in [3.05, 3.63) is 30.2 Å². The smallest absolute Gasteiger partial charge is 0.228 e. The predicted octanol–water partition coefficient (Wildman–Crippen LogP) is 0.837. The second-order valence-electron chi connectivity index (χ2n) is 4.16. The highest BCUT2D eigenvalue weighted by Crippen LogP contribution is 2.19. The Bertz CT molecular complexity index is 664.